The largest absolute Gasteiger partial charge is 0.452 e. The fourth-order valence-electron chi connectivity index (χ4n) is 2.32. The fourth-order valence-corrected chi connectivity index (χ4v) is 3.78. The zero-order valence-electron chi connectivity index (χ0n) is 9.09. The molecule has 92 valence electrons. The number of nitrogens with zero attached hydrogens (tertiary/aromatic N) is 1. The Kier molecular flexibility index (Phi) is 3.07. The topological polar surface area (TPSA) is 72.9 Å². The van der Waals surface area contributed by atoms with E-state index in [0.717, 1.165) is 23.6 Å². The first-order chi connectivity index (χ1) is 7.56. The van der Waals surface area contributed by atoms with Gasteiger partial charge in [-0.3, -0.25) is 0 Å². The molecule has 1 heterocycles. The van der Waals surface area contributed by atoms with Gasteiger partial charge in [-0.05, 0) is 12.8 Å². The minimum atomic E-state index is -3.94. The molecule has 0 unspecified atom stereocenters. The van der Waals surface area contributed by atoms with Crippen LogP contribution in [0.2, 0.25) is 0 Å². The van der Waals surface area contributed by atoms with Crippen LogP contribution in [0.1, 0.15) is 32.1 Å². The molecule has 1 aliphatic carbocycles. The van der Waals surface area contributed by atoms with Crippen molar-refractivity contribution in [3.63, 3.8) is 0 Å². The molecule has 2 fully saturated rings. The Bertz CT molecular complexity index is 379. The molecule has 7 heteroatoms. The second-order valence-electron chi connectivity index (χ2n) is 4.06. The van der Waals surface area contributed by atoms with E-state index < -0.39 is 22.5 Å². The molecule has 0 bridgehead atoms. The number of amides is 1. The summed E-state index contributed by atoms with van der Waals surface area (Å²) in [6.45, 7) is 0. The molecule has 2 atom stereocenters. The molecule has 1 saturated heterocycles. The van der Waals surface area contributed by atoms with Gasteiger partial charge in [-0.25, -0.2) is 8.98 Å². The summed E-state index contributed by atoms with van der Waals surface area (Å²) in [5, 5.41) is 0. The second-order valence-corrected chi connectivity index (χ2v) is 5.50. The summed E-state index contributed by atoms with van der Waals surface area (Å²) in [6, 6.07) is -0.389. The monoisotopic (exact) mass is 249 g/mol. The molecular formula is C9H15NO5S. The number of ether oxygens (including phenoxy) is 1. The quantitative estimate of drug-likeness (QED) is 0.641. The lowest BCUT2D eigenvalue weighted by Gasteiger charge is -2.20. The van der Waals surface area contributed by atoms with Crippen LogP contribution in [0.4, 0.5) is 4.79 Å². The first-order valence-electron chi connectivity index (χ1n) is 5.37. The lowest BCUT2D eigenvalue weighted by Crippen LogP contribution is -2.40. The Balaban J connectivity index is 2.29. The number of hydrogen-bond donors (Lipinski definition) is 0. The van der Waals surface area contributed by atoms with Crippen LogP contribution in [0, 0.1) is 0 Å². The minimum Gasteiger partial charge on any atom is -0.452 e. The molecule has 0 spiro atoms. The summed E-state index contributed by atoms with van der Waals surface area (Å²) in [6.07, 6.45) is 2.97. The maximum atomic E-state index is 11.6. The number of rotatable bonds is 0. The lowest BCUT2D eigenvalue weighted by atomic mass is 10.1. The number of hydrogen-bond acceptors (Lipinski definition) is 5. The van der Waals surface area contributed by atoms with Gasteiger partial charge >= 0.3 is 16.4 Å². The Morgan fingerprint density at radius 3 is 2.69 bits per heavy atom. The van der Waals surface area contributed by atoms with Gasteiger partial charge in [0.15, 0.2) is 0 Å². The number of methoxy groups -OCH3 is 1. The van der Waals surface area contributed by atoms with E-state index in [0.29, 0.717) is 12.8 Å². The van der Waals surface area contributed by atoms with Crippen molar-refractivity contribution >= 4 is 16.4 Å². The van der Waals surface area contributed by atoms with Gasteiger partial charge in [0.05, 0.1) is 13.2 Å². The average molecular weight is 249 g/mol. The van der Waals surface area contributed by atoms with Crippen molar-refractivity contribution in [1.82, 2.24) is 4.31 Å². The molecule has 1 amide bonds. The summed E-state index contributed by atoms with van der Waals surface area (Å²) in [4.78, 5) is 11.4. The van der Waals surface area contributed by atoms with E-state index in [1.54, 1.807) is 0 Å². The third-order valence-electron chi connectivity index (χ3n) is 3.06. The Morgan fingerprint density at radius 1 is 1.31 bits per heavy atom. The van der Waals surface area contributed by atoms with Gasteiger partial charge in [-0.1, -0.05) is 19.3 Å². The SMILES string of the molecule is COC(=O)N1[C@@H]2CCCCC[C@H]2OS1(=O)=O. The first kappa shape index (κ1) is 11.7. The molecule has 2 aliphatic rings. The number of fused-ring (bicyclic) bond motifs is 1. The van der Waals surface area contributed by atoms with Gasteiger partial charge in [0.25, 0.3) is 0 Å². The molecule has 0 aromatic carbocycles. The molecule has 1 saturated carbocycles. The van der Waals surface area contributed by atoms with E-state index in [4.69, 9.17) is 4.18 Å². The van der Waals surface area contributed by atoms with Crippen molar-refractivity contribution in [3.8, 4) is 0 Å². The van der Waals surface area contributed by atoms with E-state index in [1.807, 2.05) is 0 Å². The van der Waals surface area contributed by atoms with Crippen molar-refractivity contribution in [2.24, 2.45) is 0 Å². The van der Waals surface area contributed by atoms with Crippen LogP contribution in [-0.4, -0.2) is 38.1 Å². The zero-order valence-corrected chi connectivity index (χ0v) is 9.90. The molecule has 2 rings (SSSR count). The van der Waals surface area contributed by atoms with Crippen LogP contribution in [-0.2, 0) is 19.2 Å². The van der Waals surface area contributed by atoms with Crippen LogP contribution in [0.15, 0.2) is 0 Å². The highest BCUT2D eigenvalue weighted by molar-refractivity contribution is 7.85. The second kappa shape index (κ2) is 4.21. The lowest BCUT2D eigenvalue weighted by molar-refractivity contribution is 0.130. The zero-order chi connectivity index (χ0) is 11.8. The van der Waals surface area contributed by atoms with Gasteiger partial charge in [0.2, 0.25) is 0 Å². The standard InChI is InChI=1S/C9H15NO5S/c1-14-9(11)10-7-5-3-2-4-6-8(7)15-16(10,12)13/h7-8H,2-6H2,1H3/t7-,8-/m1/s1. The third kappa shape index (κ3) is 1.89. The van der Waals surface area contributed by atoms with Crippen molar-refractivity contribution in [2.75, 3.05) is 7.11 Å². The molecule has 0 aromatic rings. The average Bonchev–Trinajstić information content (AvgIpc) is 2.40. The smallest absolute Gasteiger partial charge is 0.425 e. The normalized spacial score (nSPS) is 32.9. The molecular weight excluding hydrogens is 234 g/mol. The first-order valence-corrected chi connectivity index (χ1v) is 6.73. The Morgan fingerprint density at radius 2 is 2.00 bits per heavy atom. The van der Waals surface area contributed by atoms with Gasteiger partial charge < -0.3 is 4.74 Å². The van der Waals surface area contributed by atoms with E-state index in [9.17, 15) is 13.2 Å². The molecule has 16 heavy (non-hydrogen) atoms. The van der Waals surface area contributed by atoms with Gasteiger partial charge in [-0.15, -0.1) is 0 Å². The van der Waals surface area contributed by atoms with E-state index in [1.165, 1.54) is 7.11 Å². The third-order valence-corrected chi connectivity index (χ3v) is 4.45. The van der Waals surface area contributed by atoms with E-state index >= 15 is 0 Å². The molecule has 0 aromatic heterocycles. The minimum absolute atomic E-state index is 0.389. The predicted molar refractivity (Wildman–Crippen MR) is 54.9 cm³/mol. The summed E-state index contributed by atoms with van der Waals surface area (Å²) < 4.78 is 33.5. The summed E-state index contributed by atoms with van der Waals surface area (Å²) >= 11 is 0. The van der Waals surface area contributed by atoms with Crippen LogP contribution in [0.25, 0.3) is 0 Å². The van der Waals surface area contributed by atoms with E-state index in [-0.39, 0.29) is 6.04 Å². The van der Waals surface area contributed by atoms with Gasteiger partial charge in [0.1, 0.15) is 6.10 Å². The Hall–Kier alpha value is -0.820. The summed E-state index contributed by atoms with van der Waals surface area (Å²) in [7, 11) is -2.77. The van der Waals surface area contributed by atoms with Crippen LogP contribution in [0.5, 0.6) is 0 Å². The molecule has 0 radical (unpaired) electrons. The predicted octanol–water partition coefficient (Wildman–Crippen LogP) is 1.03. The molecule has 6 nitrogen and oxygen atoms in total. The van der Waals surface area contributed by atoms with Crippen molar-refractivity contribution in [3.05, 3.63) is 0 Å². The van der Waals surface area contributed by atoms with Gasteiger partial charge in [0, 0.05) is 0 Å². The highest BCUT2D eigenvalue weighted by Gasteiger charge is 2.49. The highest BCUT2D eigenvalue weighted by atomic mass is 32.2. The summed E-state index contributed by atoms with van der Waals surface area (Å²) in [5.41, 5.74) is 0. The maximum Gasteiger partial charge on any atom is 0.425 e. The number of carbonyl (C=O) groups excluding carboxylic acids is 1. The van der Waals surface area contributed by atoms with Crippen molar-refractivity contribution < 1.29 is 22.1 Å². The highest BCUT2D eigenvalue weighted by Crippen LogP contribution is 2.34. The number of carbonyl (C=O) groups is 1. The van der Waals surface area contributed by atoms with Crippen LogP contribution < -0.4 is 0 Å². The van der Waals surface area contributed by atoms with Crippen molar-refractivity contribution in [1.29, 1.82) is 0 Å². The molecule has 1 aliphatic heterocycles. The Labute approximate surface area is 94.8 Å². The summed E-state index contributed by atoms with van der Waals surface area (Å²) in [5.74, 6) is 0. The van der Waals surface area contributed by atoms with Gasteiger partial charge in [-0.2, -0.15) is 12.7 Å². The van der Waals surface area contributed by atoms with Crippen molar-refractivity contribution in [2.45, 2.75) is 44.2 Å². The maximum absolute atomic E-state index is 11.6. The van der Waals surface area contributed by atoms with Crippen LogP contribution >= 0.6 is 0 Å². The van der Waals surface area contributed by atoms with Crippen LogP contribution in [0.3, 0.4) is 0 Å². The van der Waals surface area contributed by atoms with E-state index in [2.05, 4.69) is 4.74 Å². The molecule has 0 N–H and O–H groups in total. The fraction of sp³-hybridized carbons (Fsp3) is 0.889.